The molecule has 4 aromatic rings. The van der Waals surface area contributed by atoms with E-state index in [1.54, 1.807) is 30.3 Å². The minimum absolute atomic E-state index is 0.0639. The molecule has 0 unspecified atom stereocenters. The number of aromatic nitrogens is 2. The van der Waals surface area contributed by atoms with Gasteiger partial charge in [-0.2, -0.15) is 9.78 Å². The largest absolute Gasteiger partial charge is 0.483 e. The highest BCUT2D eigenvalue weighted by Crippen LogP contribution is 2.32. The Kier molecular flexibility index (Phi) is 8.38. The number of carbonyl (C=O) groups is 1. The monoisotopic (exact) mass is 610 g/mol. The van der Waals surface area contributed by atoms with E-state index >= 15 is 0 Å². The van der Waals surface area contributed by atoms with Crippen LogP contribution in [0.3, 0.4) is 0 Å². The number of fused-ring (bicyclic) bond motifs is 1. The Labute approximate surface area is 237 Å². The molecule has 1 amide bonds. The minimum atomic E-state index is -0.541. The van der Waals surface area contributed by atoms with Crippen molar-refractivity contribution in [1.82, 2.24) is 9.66 Å². The Balaban J connectivity index is 1.45. The summed E-state index contributed by atoms with van der Waals surface area (Å²) in [7, 11) is 0. The highest BCUT2D eigenvalue weighted by Gasteiger charge is 2.22. The lowest BCUT2D eigenvalue weighted by Crippen LogP contribution is -2.25. The number of ether oxygens (including phenoxy) is 1. The molecule has 0 aliphatic heterocycles. The molecule has 0 atom stereocenters. The van der Waals surface area contributed by atoms with E-state index in [1.807, 2.05) is 12.1 Å². The third-order valence-corrected chi connectivity index (χ3v) is 7.32. The number of halogens is 3. The van der Waals surface area contributed by atoms with E-state index in [9.17, 15) is 14.0 Å². The van der Waals surface area contributed by atoms with Gasteiger partial charge in [-0.05, 0) is 61.4 Å². The summed E-state index contributed by atoms with van der Waals surface area (Å²) in [4.78, 5) is 30.8. The normalized spacial score (nSPS) is 14.1. The average Bonchev–Trinajstić information content (AvgIpc) is 2.94. The second-order valence-corrected chi connectivity index (χ2v) is 10.7. The second-order valence-electron chi connectivity index (χ2n) is 9.33. The van der Waals surface area contributed by atoms with Crippen molar-refractivity contribution < 1.29 is 13.9 Å². The standard InChI is InChI=1S/C29H25BrClFN4O3/c30-20-10-12-24-22(15-20)29(38)36(28(35-24)18-6-2-1-3-7-18)33-16-19-14-21(31)11-13-26(19)39-17-27(37)34-25-9-5-4-8-23(25)32/h4-5,8-16,18H,1-3,6-7,17H2,(H,34,37). The number of para-hydroxylation sites is 1. The summed E-state index contributed by atoms with van der Waals surface area (Å²) in [5.41, 5.74) is 0.890. The lowest BCUT2D eigenvalue weighted by atomic mass is 9.88. The van der Waals surface area contributed by atoms with Crippen LogP contribution in [0, 0.1) is 5.82 Å². The van der Waals surface area contributed by atoms with E-state index in [0.717, 1.165) is 36.6 Å². The maximum atomic E-state index is 13.9. The van der Waals surface area contributed by atoms with Gasteiger partial charge >= 0.3 is 0 Å². The molecule has 1 aliphatic rings. The maximum Gasteiger partial charge on any atom is 0.282 e. The Morgan fingerprint density at radius 3 is 2.74 bits per heavy atom. The first-order valence-corrected chi connectivity index (χ1v) is 13.8. The molecule has 0 bridgehead atoms. The fourth-order valence-corrected chi connectivity index (χ4v) is 5.21. The first kappa shape index (κ1) is 27.0. The van der Waals surface area contributed by atoms with E-state index in [0.29, 0.717) is 33.1 Å². The smallest absolute Gasteiger partial charge is 0.282 e. The Morgan fingerprint density at radius 2 is 1.95 bits per heavy atom. The summed E-state index contributed by atoms with van der Waals surface area (Å²) in [5, 5.41) is 7.92. The van der Waals surface area contributed by atoms with Crippen LogP contribution in [-0.4, -0.2) is 28.4 Å². The summed E-state index contributed by atoms with van der Waals surface area (Å²) in [5.74, 6) is 0.00221. The zero-order chi connectivity index (χ0) is 27.4. The summed E-state index contributed by atoms with van der Waals surface area (Å²) in [6, 6.07) is 16.2. The molecule has 1 aromatic heterocycles. The fourth-order valence-electron chi connectivity index (χ4n) is 4.67. The molecule has 0 saturated heterocycles. The number of rotatable bonds is 7. The SMILES string of the molecule is O=C(COc1ccc(Cl)cc1C=Nn1c(C2CCCCC2)nc2ccc(Br)cc2c1=O)Nc1ccccc1F. The summed E-state index contributed by atoms with van der Waals surface area (Å²) >= 11 is 9.68. The molecule has 1 aliphatic carbocycles. The lowest BCUT2D eigenvalue weighted by Gasteiger charge is -2.22. The van der Waals surface area contributed by atoms with Crippen molar-refractivity contribution in [3.05, 3.63) is 97.7 Å². The molecule has 7 nitrogen and oxygen atoms in total. The molecular formula is C29H25BrClFN4O3. The number of nitrogens with one attached hydrogen (secondary N) is 1. The summed E-state index contributed by atoms with van der Waals surface area (Å²) in [6.45, 7) is -0.365. The van der Waals surface area contributed by atoms with E-state index < -0.39 is 11.7 Å². The van der Waals surface area contributed by atoms with Crippen LogP contribution < -0.4 is 15.6 Å². The topological polar surface area (TPSA) is 85.6 Å². The molecule has 1 saturated carbocycles. The van der Waals surface area contributed by atoms with Gasteiger partial charge in [-0.25, -0.2) is 9.37 Å². The molecule has 3 aromatic carbocycles. The number of amides is 1. The van der Waals surface area contributed by atoms with Crippen molar-refractivity contribution >= 4 is 56.2 Å². The number of nitrogens with zero attached hydrogens (tertiary/aromatic N) is 3. The average molecular weight is 612 g/mol. The van der Waals surface area contributed by atoms with E-state index in [2.05, 4.69) is 26.3 Å². The van der Waals surface area contributed by atoms with Crippen LogP contribution in [-0.2, 0) is 4.79 Å². The van der Waals surface area contributed by atoms with Crippen molar-refractivity contribution in [1.29, 1.82) is 0 Å². The van der Waals surface area contributed by atoms with Gasteiger partial charge in [0.05, 0.1) is 22.8 Å². The highest BCUT2D eigenvalue weighted by atomic mass is 79.9. The quantitative estimate of drug-likeness (QED) is 0.231. The van der Waals surface area contributed by atoms with E-state index in [1.165, 1.54) is 29.1 Å². The molecule has 1 heterocycles. The van der Waals surface area contributed by atoms with Crippen molar-refractivity contribution in [3.63, 3.8) is 0 Å². The summed E-state index contributed by atoms with van der Waals surface area (Å²) in [6.07, 6.45) is 6.67. The Hall–Kier alpha value is -3.56. The van der Waals surface area contributed by atoms with Crippen LogP contribution in [0.2, 0.25) is 5.02 Å². The van der Waals surface area contributed by atoms with Gasteiger partial charge in [-0.15, -0.1) is 0 Å². The van der Waals surface area contributed by atoms with E-state index in [4.69, 9.17) is 21.3 Å². The predicted molar refractivity (Wildman–Crippen MR) is 154 cm³/mol. The van der Waals surface area contributed by atoms with Gasteiger partial charge < -0.3 is 10.1 Å². The number of anilines is 1. The molecule has 200 valence electrons. The minimum Gasteiger partial charge on any atom is -0.483 e. The molecule has 0 radical (unpaired) electrons. The van der Waals surface area contributed by atoms with Gasteiger partial charge in [0.2, 0.25) is 0 Å². The van der Waals surface area contributed by atoms with Crippen LogP contribution >= 0.6 is 27.5 Å². The molecule has 1 N–H and O–H groups in total. The van der Waals surface area contributed by atoms with Gasteiger partial charge in [0.15, 0.2) is 6.61 Å². The molecule has 0 spiro atoms. The fraction of sp³-hybridized carbons (Fsp3) is 0.241. The van der Waals surface area contributed by atoms with Gasteiger partial charge in [0, 0.05) is 21.0 Å². The number of carbonyl (C=O) groups excluding carboxylic acids is 1. The molecule has 1 fully saturated rings. The maximum absolute atomic E-state index is 13.9. The third-order valence-electron chi connectivity index (χ3n) is 6.59. The van der Waals surface area contributed by atoms with E-state index in [-0.39, 0.29) is 23.8 Å². The number of benzene rings is 3. The van der Waals surface area contributed by atoms with Gasteiger partial charge in [-0.3, -0.25) is 9.59 Å². The molecule has 39 heavy (non-hydrogen) atoms. The van der Waals surface area contributed by atoms with Crippen molar-refractivity contribution in [2.45, 2.75) is 38.0 Å². The van der Waals surface area contributed by atoms with Crippen molar-refractivity contribution in [2.24, 2.45) is 5.10 Å². The van der Waals surface area contributed by atoms with Gasteiger partial charge in [-0.1, -0.05) is 58.9 Å². The third kappa shape index (κ3) is 6.37. The van der Waals surface area contributed by atoms with Crippen LogP contribution in [0.5, 0.6) is 5.75 Å². The van der Waals surface area contributed by atoms with Gasteiger partial charge in [0.1, 0.15) is 17.4 Å². The van der Waals surface area contributed by atoms with Crippen molar-refractivity contribution in [2.75, 3.05) is 11.9 Å². The highest BCUT2D eigenvalue weighted by molar-refractivity contribution is 9.10. The Bertz CT molecular complexity index is 1620. The summed E-state index contributed by atoms with van der Waals surface area (Å²) < 4.78 is 21.7. The first-order valence-electron chi connectivity index (χ1n) is 12.6. The van der Waals surface area contributed by atoms with Crippen LogP contribution in [0.15, 0.2) is 75.0 Å². The second kappa shape index (κ2) is 12.1. The lowest BCUT2D eigenvalue weighted by molar-refractivity contribution is -0.118. The van der Waals surface area contributed by atoms with Gasteiger partial charge in [0.25, 0.3) is 11.5 Å². The zero-order valence-electron chi connectivity index (χ0n) is 20.9. The first-order chi connectivity index (χ1) is 18.9. The van der Waals surface area contributed by atoms with Crippen LogP contribution in [0.25, 0.3) is 10.9 Å². The van der Waals surface area contributed by atoms with Crippen molar-refractivity contribution in [3.8, 4) is 5.75 Å². The number of hydrogen-bond acceptors (Lipinski definition) is 5. The molecular weight excluding hydrogens is 587 g/mol. The zero-order valence-corrected chi connectivity index (χ0v) is 23.2. The molecule has 5 rings (SSSR count). The molecule has 10 heteroatoms. The van der Waals surface area contributed by atoms with Crippen LogP contribution in [0.1, 0.15) is 49.4 Å². The van der Waals surface area contributed by atoms with Crippen LogP contribution in [0.4, 0.5) is 10.1 Å². The Morgan fingerprint density at radius 1 is 1.15 bits per heavy atom. The predicted octanol–water partition coefficient (Wildman–Crippen LogP) is 6.90. The number of hydrogen-bond donors (Lipinski definition) is 1.